The molecule has 94 valence electrons. The second-order valence-corrected chi connectivity index (χ2v) is 4.64. The Hall–Kier alpha value is -1.22. The molecule has 0 unspecified atom stereocenters. The number of hydrogen-bond acceptors (Lipinski definition) is 3. The van der Waals surface area contributed by atoms with Crippen LogP contribution in [0.4, 0.5) is 0 Å². The molecule has 0 amide bonds. The van der Waals surface area contributed by atoms with Gasteiger partial charge in [-0.1, -0.05) is 0 Å². The van der Waals surface area contributed by atoms with E-state index in [1.165, 1.54) is 18.4 Å². The topological polar surface area (TPSA) is 21.7 Å². The van der Waals surface area contributed by atoms with E-state index < -0.39 is 0 Å². The summed E-state index contributed by atoms with van der Waals surface area (Å²) >= 11 is 0. The van der Waals surface area contributed by atoms with Crippen LogP contribution in [0, 0.1) is 0 Å². The third-order valence-electron chi connectivity index (χ3n) is 3.39. The SMILES string of the molecule is COc1ccc(OC)c(CCN(C)C2CC2)c1. The lowest BCUT2D eigenvalue weighted by atomic mass is 10.1. The molecule has 0 spiro atoms. The van der Waals surface area contributed by atoms with Crippen LogP contribution in [-0.4, -0.2) is 38.8 Å². The van der Waals surface area contributed by atoms with Crippen molar-refractivity contribution in [2.75, 3.05) is 27.8 Å². The molecule has 1 aliphatic carbocycles. The van der Waals surface area contributed by atoms with Gasteiger partial charge in [0.05, 0.1) is 14.2 Å². The lowest BCUT2D eigenvalue weighted by Crippen LogP contribution is -2.23. The zero-order valence-corrected chi connectivity index (χ0v) is 10.9. The van der Waals surface area contributed by atoms with Gasteiger partial charge in [-0.05, 0) is 50.1 Å². The largest absolute Gasteiger partial charge is 0.497 e. The van der Waals surface area contributed by atoms with Crippen molar-refractivity contribution < 1.29 is 9.47 Å². The van der Waals surface area contributed by atoms with Crippen molar-refractivity contribution >= 4 is 0 Å². The molecule has 0 saturated heterocycles. The third-order valence-corrected chi connectivity index (χ3v) is 3.39. The number of rotatable bonds is 6. The van der Waals surface area contributed by atoms with Gasteiger partial charge in [0, 0.05) is 12.6 Å². The van der Waals surface area contributed by atoms with Crippen molar-refractivity contribution in [2.24, 2.45) is 0 Å². The predicted molar refractivity (Wildman–Crippen MR) is 68.9 cm³/mol. The minimum absolute atomic E-state index is 0.812. The summed E-state index contributed by atoms with van der Waals surface area (Å²) in [6.45, 7) is 1.08. The van der Waals surface area contributed by atoms with Crippen LogP contribution in [0.3, 0.4) is 0 Å². The number of methoxy groups -OCH3 is 2. The summed E-state index contributed by atoms with van der Waals surface area (Å²) in [5.74, 6) is 1.85. The maximum atomic E-state index is 5.38. The second kappa shape index (κ2) is 5.41. The maximum Gasteiger partial charge on any atom is 0.122 e. The Morgan fingerprint density at radius 2 is 2.00 bits per heavy atom. The molecule has 0 aromatic heterocycles. The molecule has 3 nitrogen and oxygen atoms in total. The minimum atomic E-state index is 0.812. The van der Waals surface area contributed by atoms with E-state index in [4.69, 9.17) is 9.47 Å². The monoisotopic (exact) mass is 235 g/mol. The summed E-state index contributed by atoms with van der Waals surface area (Å²) in [6.07, 6.45) is 3.71. The molecule has 1 aromatic carbocycles. The van der Waals surface area contributed by atoms with E-state index in [-0.39, 0.29) is 0 Å². The maximum absolute atomic E-state index is 5.38. The van der Waals surface area contributed by atoms with E-state index in [1.807, 2.05) is 12.1 Å². The van der Waals surface area contributed by atoms with Crippen LogP contribution in [0.25, 0.3) is 0 Å². The van der Waals surface area contributed by atoms with Crippen molar-refractivity contribution in [2.45, 2.75) is 25.3 Å². The van der Waals surface area contributed by atoms with Crippen LogP contribution < -0.4 is 9.47 Å². The quantitative estimate of drug-likeness (QED) is 0.755. The first-order chi connectivity index (χ1) is 8.24. The van der Waals surface area contributed by atoms with Crippen LogP contribution >= 0.6 is 0 Å². The van der Waals surface area contributed by atoms with Crippen molar-refractivity contribution in [1.82, 2.24) is 4.90 Å². The van der Waals surface area contributed by atoms with Crippen molar-refractivity contribution in [1.29, 1.82) is 0 Å². The van der Waals surface area contributed by atoms with Gasteiger partial charge in [-0.25, -0.2) is 0 Å². The van der Waals surface area contributed by atoms with Crippen LogP contribution in [-0.2, 0) is 6.42 Å². The van der Waals surface area contributed by atoms with Crippen LogP contribution in [0.5, 0.6) is 11.5 Å². The Bertz CT molecular complexity index is 374. The van der Waals surface area contributed by atoms with Gasteiger partial charge in [0.1, 0.15) is 11.5 Å². The molecule has 0 N–H and O–H groups in total. The van der Waals surface area contributed by atoms with E-state index in [2.05, 4.69) is 18.0 Å². The standard InChI is InChI=1S/C14H21NO2/c1-15(12-4-5-12)9-8-11-10-13(16-2)6-7-14(11)17-3/h6-7,10,12H,4-5,8-9H2,1-3H3. The molecule has 1 aromatic rings. The van der Waals surface area contributed by atoms with Crippen LogP contribution in [0.15, 0.2) is 18.2 Å². The van der Waals surface area contributed by atoms with Crippen LogP contribution in [0.1, 0.15) is 18.4 Å². The van der Waals surface area contributed by atoms with Crippen LogP contribution in [0.2, 0.25) is 0 Å². The molecule has 1 fully saturated rings. The molecule has 0 heterocycles. The molecule has 0 bridgehead atoms. The van der Waals surface area contributed by atoms with E-state index >= 15 is 0 Å². The number of benzene rings is 1. The lowest BCUT2D eigenvalue weighted by molar-refractivity contribution is 0.325. The molecule has 2 rings (SSSR count). The van der Waals surface area contributed by atoms with E-state index in [9.17, 15) is 0 Å². The second-order valence-electron chi connectivity index (χ2n) is 4.64. The molecule has 17 heavy (non-hydrogen) atoms. The van der Waals surface area contributed by atoms with Crippen molar-refractivity contribution in [3.63, 3.8) is 0 Å². The van der Waals surface area contributed by atoms with Gasteiger partial charge in [0.2, 0.25) is 0 Å². The van der Waals surface area contributed by atoms with Crippen molar-refractivity contribution in [3.8, 4) is 11.5 Å². The number of hydrogen-bond donors (Lipinski definition) is 0. The number of ether oxygens (including phenoxy) is 2. The zero-order valence-electron chi connectivity index (χ0n) is 10.9. The fourth-order valence-electron chi connectivity index (χ4n) is 2.07. The molecular formula is C14H21NO2. The summed E-state index contributed by atoms with van der Waals surface area (Å²) in [5.41, 5.74) is 1.22. The smallest absolute Gasteiger partial charge is 0.122 e. The van der Waals surface area contributed by atoms with Gasteiger partial charge in [0.15, 0.2) is 0 Å². The number of likely N-dealkylation sites (N-methyl/N-ethyl adjacent to an activating group) is 1. The fraction of sp³-hybridized carbons (Fsp3) is 0.571. The van der Waals surface area contributed by atoms with Gasteiger partial charge in [-0.15, -0.1) is 0 Å². The minimum Gasteiger partial charge on any atom is -0.497 e. The highest BCUT2D eigenvalue weighted by Gasteiger charge is 2.25. The van der Waals surface area contributed by atoms with Gasteiger partial charge in [-0.2, -0.15) is 0 Å². The molecule has 0 radical (unpaired) electrons. The summed E-state index contributed by atoms with van der Waals surface area (Å²) in [5, 5.41) is 0. The highest BCUT2D eigenvalue weighted by molar-refractivity contribution is 5.40. The molecule has 0 atom stereocenters. The summed E-state index contributed by atoms with van der Waals surface area (Å²) in [4.78, 5) is 2.43. The average Bonchev–Trinajstić information content (AvgIpc) is 3.19. The highest BCUT2D eigenvalue weighted by Crippen LogP contribution is 2.27. The highest BCUT2D eigenvalue weighted by atomic mass is 16.5. The predicted octanol–water partition coefficient (Wildman–Crippen LogP) is 2.34. The fourth-order valence-corrected chi connectivity index (χ4v) is 2.07. The summed E-state index contributed by atoms with van der Waals surface area (Å²) in [6, 6.07) is 6.80. The Kier molecular flexibility index (Phi) is 3.89. The normalized spacial score (nSPS) is 15.1. The molecule has 1 saturated carbocycles. The first-order valence-electron chi connectivity index (χ1n) is 6.15. The molecule has 0 aliphatic heterocycles. The van der Waals surface area contributed by atoms with E-state index in [1.54, 1.807) is 14.2 Å². The Balaban J connectivity index is 2.01. The van der Waals surface area contributed by atoms with Gasteiger partial charge < -0.3 is 14.4 Å². The van der Waals surface area contributed by atoms with Gasteiger partial charge in [-0.3, -0.25) is 0 Å². The number of nitrogens with zero attached hydrogens (tertiary/aromatic N) is 1. The average molecular weight is 235 g/mol. The molecule has 1 aliphatic rings. The van der Waals surface area contributed by atoms with Crippen molar-refractivity contribution in [3.05, 3.63) is 23.8 Å². The van der Waals surface area contributed by atoms with Gasteiger partial charge in [0.25, 0.3) is 0 Å². The van der Waals surface area contributed by atoms with Gasteiger partial charge >= 0.3 is 0 Å². The van der Waals surface area contributed by atoms with E-state index in [0.717, 1.165) is 30.5 Å². The Labute approximate surface area is 103 Å². The Morgan fingerprint density at radius 3 is 2.59 bits per heavy atom. The Morgan fingerprint density at radius 1 is 1.24 bits per heavy atom. The summed E-state index contributed by atoms with van der Waals surface area (Å²) < 4.78 is 10.6. The first-order valence-corrected chi connectivity index (χ1v) is 6.15. The molecule has 3 heteroatoms. The lowest BCUT2D eigenvalue weighted by Gasteiger charge is -2.17. The summed E-state index contributed by atoms with van der Waals surface area (Å²) in [7, 11) is 5.61. The first kappa shape index (κ1) is 12.2. The van der Waals surface area contributed by atoms with E-state index in [0.29, 0.717) is 0 Å². The third kappa shape index (κ3) is 3.13. The zero-order chi connectivity index (χ0) is 12.3. The molecular weight excluding hydrogens is 214 g/mol.